The summed E-state index contributed by atoms with van der Waals surface area (Å²) >= 11 is 0. The van der Waals surface area contributed by atoms with Gasteiger partial charge in [0.25, 0.3) is 0 Å². The van der Waals surface area contributed by atoms with E-state index in [1.165, 1.54) is 24.3 Å². The molecule has 1 aliphatic heterocycles. The first-order valence-corrected chi connectivity index (χ1v) is 6.48. The van der Waals surface area contributed by atoms with Crippen molar-refractivity contribution >= 4 is 6.29 Å². The minimum absolute atomic E-state index is 0.193. The molecule has 108 valence electrons. The van der Waals surface area contributed by atoms with Crippen LogP contribution >= 0.6 is 0 Å². The van der Waals surface area contributed by atoms with Gasteiger partial charge in [0.1, 0.15) is 42.1 Å². The lowest BCUT2D eigenvalue weighted by atomic mass is 10.1. The normalized spacial score (nSPS) is 16.2. The highest BCUT2D eigenvalue weighted by molar-refractivity contribution is 5.75. The van der Waals surface area contributed by atoms with Gasteiger partial charge in [-0.3, -0.25) is 4.79 Å². The van der Waals surface area contributed by atoms with Crippen LogP contribution in [0.2, 0.25) is 0 Å². The van der Waals surface area contributed by atoms with Gasteiger partial charge in [-0.25, -0.2) is 8.78 Å². The third kappa shape index (κ3) is 3.02. The molecule has 2 aromatic carbocycles. The van der Waals surface area contributed by atoms with Crippen LogP contribution in [0, 0.1) is 11.6 Å². The SMILES string of the molecule is O=Cc1cc(F)cc(OCC2Cc3cc(F)ccc3O2)c1. The van der Waals surface area contributed by atoms with E-state index in [1.54, 1.807) is 6.07 Å². The van der Waals surface area contributed by atoms with Gasteiger partial charge in [-0.15, -0.1) is 0 Å². The Labute approximate surface area is 120 Å². The number of rotatable bonds is 4. The summed E-state index contributed by atoms with van der Waals surface area (Å²) in [6.45, 7) is 0.193. The molecule has 0 N–H and O–H groups in total. The molecule has 1 aliphatic rings. The maximum absolute atomic E-state index is 13.3. The summed E-state index contributed by atoms with van der Waals surface area (Å²) in [5.74, 6) is 0.0626. The quantitative estimate of drug-likeness (QED) is 0.811. The highest BCUT2D eigenvalue weighted by atomic mass is 19.1. The molecule has 0 saturated heterocycles. The summed E-state index contributed by atoms with van der Waals surface area (Å²) in [5.41, 5.74) is 0.999. The van der Waals surface area contributed by atoms with Crippen molar-refractivity contribution in [2.24, 2.45) is 0 Å². The van der Waals surface area contributed by atoms with Gasteiger partial charge in [0.2, 0.25) is 0 Å². The predicted molar refractivity (Wildman–Crippen MR) is 71.8 cm³/mol. The van der Waals surface area contributed by atoms with Crippen molar-refractivity contribution < 1.29 is 23.0 Å². The highest BCUT2D eigenvalue weighted by Gasteiger charge is 2.23. The minimum Gasteiger partial charge on any atom is -0.490 e. The molecule has 0 amide bonds. The zero-order valence-corrected chi connectivity index (χ0v) is 11.0. The van der Waals surface area contributed by atoms with Crippen LogP contribution in [0.5, 0.6) is 11.5 Å². The van der Waals surface area contributed by atoms with Gasteiger partial charge in [-0.1, -0.05) is 0 Å². The Kier molecular flexibility index (Phi) is 3.56. The number of fused-ring (bicyclic) bond motifs is 1. The minimum atomic E-state index is -0.535. The fraction of sp³-hybridized carbons (Fsp3) is 0.188. The smallest absolute Gasteiger partial charge is 0.150 e. The standard InChI is InChI=1S/C16H12F2O3/c17-12-1-2-16-11(5-12)6-15(21-16)9-20-14-4-10(8-19)3-13(18)7-14/h1-5,7-8,15H,6,9H2. The van der Waals surface area contributed by atoms with Gasteiger partial charge in [-0.05, 0) is 30.3 Å². The molecule has 0 spiro atoms. The molecule has 0 aliphatic carbocycles. The van der Waals surface area contributed by atoms with Gasteiger partial charge >= 0.3 is 0 Å². The zero-order chi connectivity index (χ0) is 14.8. The van der Waals surface area contributed by atoms with E-state index in [0.29, 0.717) is 18.5 Å². The molecule has 3 rings (SSSR count). The number of ether oxygens (including phenoxy) is 2. The number of benzene rings is 2. The molecule has 0 saturated carbocycles. The third-order valence-electron chi connectivity index (χ3n) is 3.23. The molecule has 0 aromatic heterocycles. The lowest BCUT2D eigenvalue weighted by Gasteiger charge is -2.12. The molecule has 1 heterocycles. The van der Waals surface area contributed by atoms with Crippen LogP contribution in [0.1, 0.15) is 15.9 Å². The van der Waals surface area contributed by atoms with Gasteiger partial charge < -0.3 is 9.47 Å². The molecule has 2 aromatic rings. The van der Waals surface area contributed by atoms with E-state index in [2.05, 4.69) is 0 Å². The second kappa shape index (κ2) is 5.52. The third-order valence-corrected chi connectivity index (χ3v) is 3.23. The number of hydrogen-bond donors (Lipinski definition) is 0. The summed E-state index contributed by atoms with van der Waals surface area (Å²) in [6.07, 6.45) is 0.827. The average molecular weight is 290 g/mol. The Morgan fingerprint density at radius 3 is 2.86 bits per heavy atom. The summed E-state index contributed by atoms with van der Waals surface area (Å²) in [5, 5.41) is 0. The van der Waals surface area contributed by atoms with E-state index < -0.39 is 5.82 Å². The van der Waals surface area contributed by atoms with Crippen LogP contribution in [0.4, 0.5) is 8.78 Å². The fourth-order valence-corrected chi connectivity index (χ4v) is 2.31. The van der Waals surface area contributed by atoms with Crippen molar-refractivity contribution in [1.82, 2.24) is 0 Å². The first kappa shape index (κ1) is 13.5. The molecule has 0 bridgehead atoms. The Hall–Kier alpha value is -2.43. The number of carbonyl (C=O) groups is 1. The van der Waals surface area contributed by atoms with Crippen LogP contribution < -0.4 is 9.47 Å². The van der Waals surface area contributed by atoms with E-state index >= 15 is 0 Å². The lowest BCUT2D eigenvalue weighted by molar-refractivity contribution is 0.112. The van der Waals surface area contributed by atoms with Crippen LogP contribution in [-0.2, 0) is 6.42 Å². The average Bonchev–Trinajstić information content (AvgIpc) is 2.86. The topological polar surface area (TPSA) is 35.5 Å². The molecule has 0 fully saturated rings. The van der Waals surface area contributed by atoms with E-state index in [1.807, 2.05) is 0 Å². The van der Waals surface area contributed by atoms with Crippen molar-refractivity contribution in [2.45, 2.75) is 12.5 Å². The van der Waals surface area contributed by atoms with Gasteiger partial charge in [-0.2, -0.15) is 0 Å². The molecule has 1 atom stereocenters. The van der Waals surface area contributed by atoms with E-state index in [-0.39, 0.29) is 29.8 Å². The highest BCUT2D eigenvalue weighted by Crippen LogP contribution is 2.29. The first-order valence-electron chi connectivity index (χ1n) is 6.48. The Balaban J connectivity index is 1.65. The monoisotopic (exact) mass is 290 g/mol. The molecule has 21 heavy (non-hydrogen) atoms. The predicted octanol–water partition coefficient (Wildman–Crippen LogP) is 3.16. The van der Waals surface area contributed by atoms with E-state index in [4.69, 9.17) is 9.47 Å². The Morgan fingerprint density at radius 2 is 2.05 bits per heavy atom. The summed E-state index contributed by atoms with van der Waals surface area (Å²) in [6, 6.07) is 8.14. The maximum Gasteiger partial charge on any atom is 0.150 e. The van der Waals surface area contributed by atoms with Crippen LogP contribution in [0.15, 0.2) is 36.4 Å². The van der Waals surface area contributed by atoms with E-state index in [9.17, 15) is 13.6 Å². The van der Waals surface area contributed by atoms with Crippen molar-refractivity contribution in [3.63, 3.8) is 0 Å². The molecule has 1 unspecified atom stereocenters. The lowest BCUT2D eigenvalue weighted by Crippen LogP contribution is -2.22. The molecule has 5 heteroatoms. The molecule has 3 nitrogen and oxygen atoms in total. The second-order valence-corrected chi connectivity index (χ2v) is 4.85. The van der Waals surface area contributed by atoms with Gasteiger partial charge in [0.05, 0.1) is 0 Å². The first-order chi connectivity index (χ1) is 10.1. The van der Waals surface area contributed by atoms with Crippen LogP contribution in [0.3, 0.4) is 0 Å². The van der Waals surface area contributed by atoms with Gasteiger partial charge in [0, 0.05) is 23.6 Å². The van der Waals surface area contributed by atoms with Crippen LogP contribution in [-0.4, -0.2) is 19.0 Å². The largest absolute Gasteiger partial charge is 0.490 e. The number of aldehydes is 1. The Bertz CT molecular complexity index is 685. The van der Waals surface area contributed by atoms with Crippen LogP contribution in [0.25, 0.3) is 0 Å². The summed E-state index contributed by atoms with van der Waals surface area (Å²) in [4.78, 5) is 10.7. The van der Waals surface area contributed by atoms with Crippen molar-refractivity contribution in [3.05, 3.63) is 59.2 Å². The van der Waals surface area contributed by atoms with Gasteiger partial charge in [0.15, 0.2) is 0 Å². The summed E-state index contributed by atoms with van der Waals surface area (Å²) in [7, 11) is 0. The fourth-order valence-electron chi connectivity index (χ4n) is 2.31. The molecular formula is C16H12F2O3. The summed E-state index contributed by atoms with van der Waals surface area (Å²) < 4.78 is 37.4. The number of hydrogen-bond acceptors (Lipinski definition) is 3. The second-order valence-electron chi connectivity index (χ2n) is 4.85. The van der Waals surface area contributed by atoms with Crippen molar-refractivity contribution in [1.29, 1.82) is 0 Å². The van der Waals surface area contributed by atoms with Crippen molar-refractivity contribution in [2.75, 3.05) is 6.61 Å². The van der Waals surface area contributed by atoms with E-state index in [0.717, 1.165) is 11.6 Å². The Morgan fingerprint density at radius 1 is 1.19 bits per heavy atom. The van der Waals surface area contributed by atoms with Crippen molar-refractivity contribution in [3.8, 4) is 11.5 Å². The molecular weight excluding hydrogens is 278 g/mol. The maximum atomic E-state index is 13.3. The zero-order valence-electron chi connectivity index (χ0n) is 11.0. The molecule has 0 radical (unpaired) electrons. The number of halogens is 2. The number of carbonyl (C=O) groups excluding carboxylic acids is 1.